The van der Waals surface area contributed by atoms with Crippen molar-refractivity contribution >= 4 is 21.6 Å². The van der Waals surface area contributed by atoms with Gasteiger partial charge in [0.1, 0.15) is 12.4 Å². The fourth-order valence-electron chi connectivity index (χ4n) is 3.01. The van der Waals surface area contributed by atoms with Gasteiger partial charge < -0.3 is 10.1 Å². The lowest BCUT2D eigenvalue weighted by molar-refractivity contribution is 0.0926. The second kappa shape index (κ2) is 9.66. The fourth-order valence-corrected chi connectivity index (χ4v) is 4.26. The molecule has 1 atom stereocenters. The smallest absolute Gasteiger partial charge is 0.264 e. The summed E-state index contributed by atoms with van der Waals surface area (Å²) in [5.41, 5.74) is 1.83. The number of carbonyl (C=O) groups is 1. The molecule has 3 aromatic rings. The van der Waals surface area contributed by atoms with Crippen molar-refractivity contribution in [3.8, 4) is 5.75 Å². The molecule has 1 N–H and O–H groups in total. The Hall–Kier alpha value is -3.32. The summed E-state index contributed by atoms with van der Waals surface area (Å²) in [7, 11) is -2.31. The Kier molecular flexibility index (Phi) is 6.97. The van der Waals surface area contributed by atoms with Crippen LogP contribution < -0.4 is 14.4 Å². The van der Waals surface area contributed by atoms with Gasteiger partial charge in [0.25, 0.3) is 15.9 Å². The molecular formula is C24H26N2O4S. The number of rotatable bonds is 8. The Labute approximate surface area is 183 Å². The number of ether oxygens (including phenoxy) is 1. The molecule has 3 aromatic carbocycles. The summed E-state index contributed by atoms with van der Waals surface area (Å²) in [5, 5.41) is 2.85. The Morgan fingerprint density at radius 2 is 1.68 bits per heavy atom. The molecule has 6 nitrogen and oxygen atoms in total. The zero-order valence-corrected chi connectivity index (χ0v) is 18.6. The minimum absolute atomic E-state index is 0.0512. The van der Waals surface area contributed by atoms with Crippen LogP contribution in [0.4, 0.5) is 5.69 Å². The summed E-state index contributed by atoms with van der Waals surface area (Å²) >= 11 is 0. The van der Waals surface area contributed by atoms with Crippen molar-refractivity contribution in [3.05, 3.63) is 90.0 Å². The summed E-state index contributed by atoms with van der Waals surface area (Å²) in [6, 6.07) is 22.2. The maximum Gasteiger partial charge on any atom is 0.264 e. The van der Waals surface area contributed by atoms with Crippen molar-refractivity contribution in [2.45, 2.75) is 24.8 Å². The number of benzene rings is 3. The van der Waals surface area contributed by atoms with Crippen LogP contribution in [-0.2, 0) is 10.0 Å². The minimum atomic E-state index is -3.80. The van der Waals surface area contributed by atoms with Gasteiger partial charge >= 0.3 is 0 Å². The number of para-hydroxylation sites is 2. The Balaban J connectivity index is 1.69. The first-order valence-corrected chi connectivity index (χ1v) is 11.4. The van der Waals surface area contributed by atoms with Crippen LogP contribution in [0.25, 0.3) is 0 Å². The predicted octanol–water partition coefficient (Wildman–Crippen LogP) is 4.02. The predicted molar refractivity (Wildman–Crippen MR) is 122 cm³/mol. The highest BCUT2D eigenvalue weighted by Crippen LogP contribution is 2.22. The van der Waals surface area contributed by atoms with Gasteiger partial charge in [-0.05, 0) is 55.8 Å². The number of hydrogen-bond acceptors (Lipinski definition) is 4. The molecule has 0 saturated heterocycles. The van der Waals surface area contributed by atoms with Crippen molar-refractivity contribution < 1.29 is 17.9 Å². The molecular weight excluding hydrogens is 412 g/mol. The van der Waals surface area contributed by atoms with E-state index < -0.39 is 10.0 Å². The molecule has 1 amide bonds. The van der Waals surface area contributed by atoms with Crippen molar-refractivity contribution in [1.82, 2.24) is 5.32 Å². The number of sulfonamides is 1. The third-order valence-corrected chi connectivity index (χ3v) is 6.62. The van der Waals surface area contributed by atoms with Crippen molar-refractivity contribution in [2.75, 3.05) is 18.0 Å². The van der Waals surface area contributed by atoms with Crippen LogP contribution >= 0.6 is 0 Å². The average Bonchev–Trinajstić information content (AvgIpc) is 2.78. The molecule has 0 aliphatic carbocycles. The SMILES string of the molecule is Cc1ccccc1OCC(C)NC(=O)c1cccc(S(=O)(=O)N(C)c2ccccc2)c1. The summed E-state index contributed by atoms with van der Waals surface area (Å²) in [6.45, 7) is 4.09. The molecule has 0 aliphatic rings. The van der Waals surface area contributed by atoms with Crippen LogP contribution in [0.1, 0.15) is 22.8 Å². The monoisotopic (exact) mass is 438 g/mol. The van der Waals surface area contributed by atoms with Gasteiger partial charge in [-0.1, -0.05) is 42.5 Å². The number of nitrogens with one attached hydrogen (secondary N) is 1. The van der Waals surface area contributed by atoms with E-state index in [4.69, 9.17) is 4.74 Å². The lowest BCUT2D eigenvalue weighted by Gasteiger charge is -2.20. The number of anilines is 1. The summed E-state index contributed by atoms with van der Waals surface area (Å²) < 4.78 is 33.0. The van der Waals surface area contributed by atoms with E-state index in [-0.39, 0.29) is 22.4 Å². The van der Waals surface area contributed by atoms with Gasteiger partial charge in [-0.2, -0.15) is 0 Å². The van der Waals surface area contributed by atoms with Crippen LogP contribution in [0.2, 0.25) is 0 Å². The average molecular weight is 439 g/mol. The third-order valence-electron chi connectivity index (χ3n) is 4.83. The second-order valence-electron chi connectivity index (χ2n) is 7.29. The Morgan fingerprint density at radius 1 is 1.00 bits per heavy atom. The zero-order valence-electron chi connectivity index (χ0n) is 17.8. The maximum absolute atomic E-state index is 13.0. The largest absolute Gasteiger partial charge is 0.491 e. The first-order valence-electron chi connectivity index (χ1n) is 9.92. The van der Waals surface area contributed by atoms with Gasteiger partial charge in [0.05, 0.1) is 16.6 Å². The highest BCUT2D eigenvalue weighted by atomic mass is 32.2. The molecule has 0 fully saturated rings. The fraction of sp³-hybridized carbons (Fsp3) is 0.208. The van der Waals surface area contributed by atoms with Crippen molar-refractivity contribution in [1.29, 1.82) is 0 Å². The molecule has 0 heterocycles. The van der Waals surface area contributed by atoms with Gasteiger partial charge in [0.2, 0.25) is 0 Å². The maximum atomic E-state index is 13.0. The summed E-state index contributed by atoms with van der Waals surface area (Å²) in [5.74, 6) is 0.404. The molecule has 0 saturated carbocycles. The molecule has 0 radical (unpaired) electrons. The second-order valence-corrected chi connectivity index (χ2v) is 9.26. The molecule has 7 heteroatoms. The van der Waals surface area contributed by atoms with Crippen molar-refractivity contribution in [3.63, 3.8) is 0 Å². The molecule has 31 heavy (non-hydrogen) atoms. The van der Waals surface area contributed by atoms with Gasteiger partial charge in [0.15, 0.2) is 0 Å². The van der Waals surface area contributed by atoms with E-state index in [1.165, 1.54) is 23.5 Å². The van der Waals surface area contributed by atoms with Crippen LogP contribution in [0.3, 0.4) is 0 Å². The normalized spacial score (nSPS) is 12.1. The molecule has 0 bridgehead atoms. The van der Waals surface area contributed by atoms with Crippen molar-refractivity contribution in [2.24, 2.45) is 0 Å². The molecule has 3 rings (SSSR count). The van der Waals surface area contributed by atoms with Gasteiger partial charge in [-0.3, -0.25) is 9.10 Å². The van der Waals surface area contributed by atoms with E-state index in [2.05, 4.69) is 5.32 Å². The number of nitrogens with zero attached hydrogens (tertiary/aromatic N) is 1. The Bertz CT molecular complexity index is 1150. The topological polar surface area (TPSA) is 75.7 Å². The van der Waals surface area contributed by atoms with E-state index in [0.29, 0.717) is 12.3 Å². The van der Waals surface area contributed by atoms with E-state index in [0.717, 1.165) is 11.3 Å². The molecule has 0 aromatic heterocycles. The van der Waals surface area contributed by atoms with Gasteiger partial charge in [0, 0.05) is 12.6 Å². The van der Waals surface area contributed by atoms with Crippen LogP contribution in [0, 0.1) is 6.92 Å². The van der Waals surface area contributed by atoms with Gasteiger partial charge in [-0.15, -0.1) is 0 Å². The molecule has 162 valence electrons. The third kappa shape index (κ3) is 5.44. The lowest BCUT2D eigenvalue weighted by atomic mass is 10.2. The van der Waals surface area contributed by atoms with E-state index in [9.17, 15) is 13.2 Å². The number of carbonyl (C=O) groups excluding carboxylic acids is 1. The van der Waals surface area contributed by atoms with Gasteiger partial charge in [-0.25, -0.2) is 8.42 Å². The molecule has 0 spiro atoms. The van der Waals surface area contributed by atoms with Crippen LogP contribution in [-0.4, -0.2) is 34.0 Å². The number of amides is 1. The summed E-state index contributed by atoms with van der Waals surface area (Å²) in [4.78, 5) is 12.7. The Morgan fingerprint density at radius 3 is 2.39 bits per heavy atom. The van der Waals surface area contributed by atoms with Crippen LogP contribution in [0.15, 0.2) is 83.8 Å². The first kappa shape index (κ1) is 22.4. The summed E-state index contributed by atoms with van der Waals surface area (Å²) in [6.07, 6.45) is 0. The van der Waals surface area contributed by atoms with E-state index in [1.54, 1.807) is 36.4 Å². The number of aryl methyl sites for hydroxylation is 1. The number of hydrogen-bond donors (Lipinski definition) is 1. The van der Waals surface area contributed by atoms with E-state index in [1.807, 2.05) is 44.2 Å². The lowest BCUT2D eigenvalue weighted by Crippen LogP contribution is -2.37. The zero-order chi connectivity index (χ0) is 22.4. The molecule has 1 unspecified atom stereocenters. The first-order chi connectivity index (χ1) is 14.8. The van der Waals surface area contributed by atoms with Crippen LogP contribution in [0.5, 0.6) is 5.75 Å². The van der Waals surface area contributed by atoms with E-state index >= 15 is 0 Å². The minimum Gasteiger partial charge on any atom is -0.491 e. The molecule has 0 aliphatic heterocycles. The highest BCUT2D eigenvalue weighted by molar-refractivity contribution is 7.92. The quantitative estimate of drug-likeness (QED) is 0.576. The highest BCUT2D eigenvalue weighted by Gasteiger charge is 2.22. The standard InChI is InChI=1S/C24H26N2O4S/c1-18-10-7-8-15-23(18)30-17-19(2)25-24(27)20-11-9-14-22(16-20)31(28,29)26(3)21-12-5-4-6-13-21/h4-16,19H,17H2,1-3H3,(H,25,27).